The van der Waals surface area contributed by atoms with Crippen LogP contribution in [0.1, 0.15) is 219 Å². The quantitative estimate of drug-likeness (QED) is 0.0718. The number of hydrogen-bond acceptors (Lipinski definition) is 3. The first kappa shape index (κ1) is 45.8. The number of rotatable bonds is 32. The maximum absolute atomic E-state index is 10.3. The molecule has 0 amide bonds. The molecule has 5 nitrogen and oxygen atoms in total. The monoisotopic (exact) mass is 635 g/mol. The van der Waals surface area contributed by atoms with E-state index < -0.39 is 11.9 Å². The third kappa shape index (κ3) is 52.0. The van der Waals surface area contributed by atoms with Gasteiger partial charge in [-0.3, -0.25) is 9.59 Å². The Balaban J connectivity index is -0.000000683. The number of aliphatic carboxylic acids is 2. The predicted molar refractivity (Wildman–Crippen MR) is 175 cm³/mol. The Bertz CT molecular complexity index is 471. The molecule has 0 aromatic rings. The van der Waals surface area contributed by atoms with Crippen molar-refractivity contribution in [1.29, 1.82) is 0 Å². The third-order valence-electron chi connectivity index (χ3n) is 7.99. The predicted octanol–water partition coefficient (Wildman–Crippen LogP) is 12.5. The Morgan fingerprint density at radius 3 is 0.619 bits per heavy atom. The van der Waals surface area contributed by atoms with Crippen LogP contribution in [0.5, 0.6) is 0 Å². The Hall–Kier alpha value is -0.676. The molecule has 0 radical (unpaired) electrons. The second-order valence-corrected chi connectivity index (χ2v) is 12.2. The molecule has 0 atom stereocenters. The van der Waals surface area contributed by atoms with Crippen molar-refractivity contribution in [2.24, 2.45) is 0 Å². The summed E-state index contributed by atoms with van der Waals surface area (Å²) < 4.78 is 8.19. The summed E-state index contributed by atoms with van der Waals surface area (Å²) in [4.78, 5) is 20.7. The van der Waals surface area contributed by atoms with E-state index >= 15 is 0 Å². The van der Waals surface area contributed by atoms with E-state index in [4.69, 9.17) is 13.9 Å². The van der Waals surface area contributed by atoms with Gasteiger partial charge in [0.15, 0.2) is 0 Å². The van der Waals surface area contributed by atoms with Crippen molar-refractivity contribution in [2.75, 3.05) is 0 Å². The van der Waals surface area contributed by atoms with Gasteiger partial charge >= 0.3 is 33.0 Å². The number of carboxylic acid groups (broad SMARTS) is 2. The normalized spacial score (nSPS) is 10.4. The van der Waals surface area contributed by atoms with E-state index in [-0.39, 0.29) is 0 Å². The molecule has 0 rings (SSSR count). The molecule has 6 heteroatoms. The zero-order chi connectivity index (χ0) is 31.8. The molecular weight excluding hydrogens is 563 g/mol. The van der Waals surface area contributed by atoms with Crippen molar-refractivity contribution < 1.29 is 40.8 Å². The zero-order valence-electron chi connectivity index (χ0n) is 28.2. The summed E-state index contributed by atoms with van der Waals surface area (Å²) in [7, 11) is 0. The molecule has 0 fully saturated rings. The van der Waals surface area contributed by atoms with E-state index in [1.165, 1.54) is 167 Å². The van der Waals surface area contributed by atoms with Crippen LogP contribution in [-0.2, 0) is 30.6 Å². The summed E-state index contributed by atoms with van der Waals surface area (Å²) in [5, 5.41) is 17.0. The molecule has 0 heterocycles. The molecule has 42 heavy (non-hydrogen) atoms. The SMILES string of the molecule is CCCCCCCCCCCCCCCCCC(=O)O.CCCCCCCCCCCCCCCCCC(=O)O.[O]=[V]. The summed E-state index contributed by atoms with van der Waals surface area (Å²) in [6.45, 7) is 4.54. The Morgan fingerprint density at radius 1 is 0.333 bits per heavy atom. The Morgan fingerprint density at radius 2 is 0.476 bits per heavy atom. The van der Waals surface area contributed by atoms with E-state index in [0.717, 1.165) is 43.1 Å². The van der Waals surface area contributed by atoms with Gasteiger partial charge in [0.05, 0.1) is 0 Å². The van der Waals surface area contributed by atoms with Crippen LogP contribution in [0.2, 0.25) is 0 Å². The molecule has 0 spiro atoms. The molecule has 0 aliphatic heterocycles. The van der Waals surface area contributed by atoms with Crippen molar-refractivity contribution in [1.82, 2.24) is 0 Å². The molecule has 2 N–H and O–H groups in total. The molecule has 0 saturated heterocycles. The van der Waals surface area contributed by atoms with Gasteiger partial charge in [0.25, 0.3) is 0 Å². The molecule has 251 valence electrons. The van der Waals surface area contributed by atoms with E-state index in [2.05, 4.69) is 13.8 Å². The average molecular weight is 636 g/mol. The van der Waals surface area contributed by atoms with Crippen molar-refractivity contribution in [3.63, 3.8) is 0 Å². The van der Waals surface area contributed by atoms with Gasteiger partial charge in [-0.25, -0.2) is 0 Å². The minimum absolute atomic E-state index is 0.345. The van der Waals surface area contributed by atoms with E-state index in [9.17, 15) is 9.59 Å². The number of carboxylic acids is 2. The Labute approximate surface area is 271 Å². The summed E-state index contributed by atoms with van der Waals surface area (Å²) in [6, 6.07) is 0. The summed E-state index contributed by atoms with van der Waals surface area (Å²) >= 11 is 1.06. The van der Waals surface area contributed by atoms with Gasteiger partial charge in [0, 0.05) is 12.8 Å². The van der Waals surface area contributed by atoms with Gasteiger partial charge in [-0.1, -0.05) is 194 Å². The molecule has 0 bridgehead atoms. The Kier molecular flexibility index (Phi) is 48.8. The van der Waals surface area contributed by atoms with Crippen molar-refractivity contribution in [2.45, 2.75) is 219 Å². The van der Waals surface area contributed by atoms with Gasteiger partial charge in [-0.2, -0.15) is 0 Å². The minimum atomic E-state index is -0.653. The first-order valence-corrected chi connectivity index (χ1v) is 18.7. The van der Waals surface area contributed by atoms with Crippen LogP contribution in [0.15, 0.2) is 0 Å². The van der Waals surface area contributed by atoms with E-state index in [1.54, 1.807) is 0 Å². The van der Waals surface area contributed by atoms with Gasteiger partial charge in [0.2, 0.25) is 0 Å². The molecular formula is C36H72O5V. The summed E-state index contributed by atoms with van der Waals surface area (Å²) in [5.41, 5.74) is 0. The number of hydrogen-bond donors (Lipinski definition) is 2. The summed E-state index contributed by atoms with van der Waals surface area (Å²) in [6.07, 6.45) is 40.4. The maximum atomic E-state index is 10.3. The second kappa shape index (κ2) is 44.8. The fraction of sp³-hybridized carbons (Fsp3) is 0.944. The fourth-order valence-electron chi connectivity index (χ4n) is 5.30. The van der Waals surface area contributed by atoms with Crippen LogP contribution < -0.4 is 0 Å². The van der Waals surface area contributed by atoms with Gasteiger partial charge in [-0.05, 0) is 12.8 Å². The van der Waals surface area contributed by atoms with Crippen LogP contribution in [0.3, 0.4) is 0 Å². The van der Waals surface area contributed by atoms with E-state index in [0.29, 0.717) is 12.8 Å². The van der Waals surface area contributed by atoms with Crippen LogP contribution in [0.4, 0.5) is 0 Å². The van der Waals surface area contributed by atoms with Gasteiger partial charge in [-0.15, -0.1) is 0 Å². The van der Waals surface area contributed by atoms with E-state index in [1.807, 2.05) is 0 Å². The van der Waals surface area contributed by atoms with Crippen LogP contribution in [0, 0.1) is 0 Å². The van der Waals surface area contributed by atoms with Crippen molar-refractivity contribution in [3.05, 3.63) is 0 Å². The standard InChI is InChI=1S/2C18H36O2.O.V/c2*1-2-3-4-5-6-7-8-9-10-11-12-13-14-15-16-17-18(19)20;;/h2*2-17H2,1H3,(H,19,20);;. The molecule has 0 aliphatic carbocycles. The average Bonchev–Trinajstić information content (AvgIpc) is 2.98. The van der Waals surface area contributed by atoms with Crippen LogP contribution >= 0.6 is 0 Å². The van der Waals surface area contributed by atoms with Gasteiger partial charge < -0.3 is 10.2 Å². The second-order valence-electron chi connectivity index (χ2n) is 12.2. The van der Waals surface area contributed by atoms with Crippen LogP contribution in [0.25, 0.3) is 0 Å². The first-order chi connectivity index (χ1) is 20.5. The molecule has 0 saturated carbocycles. The molecule has 0 aromatic heterocycles. The third-order valence-corrected chi connectivity index (χ3v) is 7.99. The topological polar surface area (TPSA) is 91.7 Å². The summed E-state index contributed by atoms with van der Waals surface area (Å²) in [5.74, 6) is -1.31. The first-order valence-electron chi connectivity index (χ1n) is 18.2. The van der Waals surface area contributed by atoms with Crippen molar-refractivity contribution >= 4 is 11.9 Å². The van der Waals surface area contributed by atoms with Crippen molar-refractivity contribution in [3.8, 4) is 0 Å². The van der Waals surface area contributed by atoms with Gasteiger partial charge in [0.1, 0.15) is 0 Å². The zero-order valence-corrected chi connectivity index (χ0v) is 29.6. The fourth-order valence-corrected chi connectivity index (χ4v) is 5.30. The number of carbonyl (C=O) groups is 2. The van der Waals surface area contributed by atoms with Crippen LogP contribution in [-0.4, -0.2) is 22.2 Å². The molecule has 0 unspecified atom stereocenters. The number of unbranched alkanes of at least 4 members (excludes halogenated alkanes) is 28. The molecule has 0 aliphatic rings. The molecule has 0 aromatic carbocycles.